The predicted molar refractivity (Wildman–Crippen MR) is 121 cm³/mol. The SMILES string of the molecule is C[C@H](O)C12c3ccccc3C(c3ccccc31)[C@@H]1C(=O)N(c3ccccc3Br)C(=O)[C@H]12. The third-order valence-corrected chi connectivity index (χ3v) is 8.11. The highest BCUT2D eigenvalue weighted by Gasteiger charge is 2.69. The van der Waals surface area contributed by atoms with E-state index in [1.807, 2.05) is 66.7 Å². The number of amides is 2. The molecule has 7 rings (SSSR count). The van der Waals surface area contributed by atoms with Crippen LogP contribution < -0.4 is 4.90 Å². The zero-order valence-electron chi connectivity index (χ0n) is 16.8. The van der Waals surface area contributed by atoms with Crippen LogP contribution in [0.1, 0.15) is 35.1 Å². The molecule has 1 aliphatic heterocycles. The highest BCUT2D eigenvalue weighted by atomic mass is 79.9. The minimum atomic E-state index is -0.963. The van der Waals surface area contributed by atoms with Crippen molar-refractivity contribution in [3.63, 3.8) is 0 Å². The van der Waals surface area contributed by atoms with Gasteiger partial charge in [-0.15, -0.1) is 0 Å². The molecule has 0 saturated carbocycles. The Kier molecular flexibility index (Phi) is 3.90. The molecule has 5 heteroatoms. The fourth-order valence-electron chi connectivity index (χ4n) is 6.41. The molecule has 31 heavy (non-hydrogen) atoms. The number of carbonyl (C=O) groups is 2. The lowest BCUT2D eigenvalue weighted by Gasteiger charge is -2.55. The Morgan fingerprint density at radius 1 is 0.871 bits per heavy atom. The summed E-state index contributed by atoms with van der Waals surface area (Å²) in [6.45, 7) is 1.75. The van der Waals surface area contributed by atoms with Gasteiger partial charge in [-0.1, -0.05) is 60.7 Å². The van der Waals surface area contributed by atoms with Gasteiger partial charge in [0.1, 0.15) is 0 Å². The maximum Gasteiger partial charge on any atom is 0.239 e. The van der Waals surface area contributed by atoms with Gasteiger partial charge < -0.3 is 5.11 Å². The average Bonchev–Trinajstić information content (AvgIpc) is 3.05. The molecule has 3 aliphatic carbocycles. The van der Waals surface area contributed by atoms with Gasteiger partial charge in [0.2, 0.25) is 11.8 Å². The van der Waals surface area contributed by atoms with Crippen LogP contribution >= 0.6 is 15.9 Å². The first-order valence-corrected chi connectivity index (χ1v) is 11.3. The van der Waals surface area contributed by atoms with Crippen LogP contribution in [0.15, 0.2) is 77.3 Å². The fraction of sp³-hybridized carbons (Fsp3) is 0.231. The molecule has 154 valence electrons. The van der Waals surface area contributed by atoms with Crippen molar-refractivity contribution >= 4 is 33.4 Å². The highest BCUT2D eigenvalue weighted by molar-refractivity contribution is 9.10. The Balaban J connectivity index is 1.68. The van der Waals surface area contributed by atoms with E-state index in [0.717, 1.165) is 22.3 Å². The van der Waals surface area contributed by atoms with Crippen LogP contribution in [0.3, 0.4) is 0 Å². The molecule has 0 aromatic heterocycles. The third kappa shape index (κ3) is 2.13. The summed E-state index contributed by atoms with van der Waals surface area (Å²) in [5, 5.41) is 11.3. The lowest BCUT2D eigenvalue weighted by atomic mass is 9.46. The van der Waals surface area contributed by atoms with E-state index in [2.05, 4.69) is 15.9 Å². The predicted octanol–water partition coefficient (Wildman–Crippen LogP) is 4.38. The monoisotopic (exact) mass is 473 g/mol. The van der Waals surface area contributed by atoms with E-state index >= 15 is 0 Å². The Labute approximate surface area is 188 Å². The fourth-order valence-corrected chi connectivity index (χ4v) is 6.87. The first kappa shape index (κ1) is 19.0. The maximum absolute atomic E-state index is 14.0. The number of nitrogens with zero attached hydrogens (tertiary/aromatic N) is 1. The van der Waals surface area contributed by atoms with Crippen molar-refractivity contribution in [1.29, 1.82) is 0 Å². The Hall–Kier alpha value is -2.76. The Morgan fingerprint density at radius 2 is 1.42 bits per heavy atom. The van der Waals surface area contributed by atoms with Crippen LogP contribution in [-0.2, 0) is 15.0 Å². The van der Waals surface area contributed by atoms with Gasteiger partial charge in [0, 0.05) is 10.4 Å². The third-order valence-electron chi connectivity index (χ3n) is 7.44. The molecular formula is C26H20BrNO3. The van der Waals surface area contributed by atoms with Crippen LogP contribution in [0.4, 0.5) is 5.69 Å². The molecule has 0 spiro atoms. The van der Waals surface area contributed by atoms with Gasteiger partial charge >= 0.3 is 0 Å². The quantitative estimate of drug-likeness (QED) is 0.561. The van der Waals surface area contributed by atoms with Gasteiger partial charge in [-0.05, 0) is 57.2 Å². The average molecular weight is 474 g/mol. The number of aliphatic hydroxyl groups excluding tert-OH is 1. The first-order valence-electron chi connectivity index (χ1n) is 10.5. The standard InChI is InChI=1S/C26H20BrNO3/c1-14(29)26-17-10-4-2-8-15(17)21(16-9-3-5-11-18(16)26)22-23(26)25(31)28(24(22)30)20-13-7-6-12-19(20)27/h2-14,21-23,29H,1H3/t14-,21?,22-,23-,26?/m0/s1. The first-order chi connectivity index (χ1) is 15.0. The van der Waals surface area contributed by atoms with Crippen molar-refractivity contribution < 1.29 is 14.7 Å². The lowest BCUT2D eigenvalue weighted by Crippen LogP contribution is -2.58. The summed E-state index contributed by atoms with van der Waals surface area (Å²) in [5.41, 5.74) is 3.60. The van der Waals surface area contributed by atoms with E-state index in [1.165, 1.54) is 4.90 Å². The molecule has 1 fully saturated rings. The largest absolute Gasteiger partial charge is 0.392 e. The molecule has 4 nitrogen and oxygen atoms in total. The van der Waals surface area contributed by atoms with Crippen molar-refractivity contribution in [2.24, 2.45) is 11.8 Å². The minimum Gasteiger partial charge on any atom is -0.392 e. The van der Waals surface area contributed by atoms with E-state index in [0.29, 0.717) is 10.2 Å². The maximum atomic E-state index is 14.0. The summed E-state index contributed by atoms with van der Waals surface area (Å²) in [7, 11) is 0. The van der Waals surface area contributed by atoms with E-state index in [9.17, 15) is 14.7 Å². The topological polar surface area (TPSA) is 57.6 Å². The van der Waals surface area contributed by atoms with Crippen LogP contribution in [0, 0.1) is 11.8 Å². The Bertz CT molecular complexity index is 1220. The molecule has 3 aromatic carbocycles. The normalized spacial score (nSPS) is 28.9. The summed E-state index contributed by atoms with van der Waals surface area (Å²) in [4.78, 5) is 29.2. The van der Waals surface area contributed by atoms with Gasteiger partial charge in [0.25, 0.3) is 0 Å². The Morgan fingerprint density at radius 3 is 2.00 bits per heavy atom. The van der Waals surface area contributed by atoms with E-state index in [1.54, 1.807) is 13.0 Å². The molecule has 2 amide bonds. The van der Waals surface area contributed by atoms with E-state index < -0.39 is 23.4 Å². The van der Waals surface area contributed by atoms with Crippen LogP contribution in [-0.4, -0.2) is 23.0 Å². The van der Waals surface area contributed by atoms with Gasteiger partial charge in [-0.25, -0.2) is 4.90 Å². The zero-order valence-corrected chi connectivity index (χ0v) is 18.4. The molecule has 0 radical (unpaired) electrons. The van der Waals surface area contributed by atoms with E-state index in [-0.39, 0.29) is 17.7 Å². The van der Waals surface area contributed by atoms with Gasteiger partial charge in [0.05, 0.1) is 29.0 Å². The highest BCUT2D eigenvalue weighted by Crippen LogP contribution is 2.65. The summed E-state index contributed by atoms with van der Waals surface area (Å²) in [6.07, 6.45) is -0.848. The van der Waals surface area contributed by atoms with Crippen LogP contribution in [0.5, 0.6) is 0 Å². The number of para-hydroxylation sites is 1. The number of anilines is 1. The van der Waals surface area contributed by atoms with Crippen molar-refractivity contribution in [3.05, 3.63) is 99.5 Å². The number of hydrogen-bond donors (Lipinski definition) is 1. The number of imide groups is 1. The second-order valence-electron chi connectivity index (χ2n) is 8.66. The molecular weight excluding hydrogens is 454 g/mol. The summed E-state index contributed by atoms with van der Waals surface area (Å²) in [5.74, 6) is -1.83. The van der Waals surface area contributed by atoms with Crippen molar-refractivity contribution in [3.8, 4) is 0 Å². The van der Waals surface area contributed by atoms with Crippen molar-refractivity contribution in [2.45, 2.75) is 24.4 Å². The second-order valence-corrected chi connectivity index (χ2v) is 9.52. The van der Waals surface area contributed by atoms with Crippen molar-refractivity contribution in [1.82, 2.24) is 0 Å². The van der Waals surface area contributed by atoms with Crippen LogP contribution in [0.2, 0.25) is 0 Å². The number of halogens is 1. The number of hydrogen-bond acceptors (Lipinski definition) is 3. The zero-order chi connectivity index (χ0) is 21.5. The molecule has 2 bridgehead atoms. The number of aliphatic hydroxyl groups is 1. The molecule has 1 N–H and O–H groups in total. The van der Waals surface area contributed by atoms with E-state index in [4.69, 9.17) is 0 Å². The number of carbonyl (C=O) groups excluding carboxylic acids is 2. The lowest BCUT2D eigenvalue weighted by molar-refractivity contribution is -0.126. The van der Waals surface area contributed by atoms with Gasteiger partial charge in [-0.3, -0.25) is 9.59 Å². The van der Waals surface area contributed by atoms with Gasteiger partial charge in [0.15, 0.2) is 0 Å². The second kappa shape index (κ2) is 6.38. The molecule has 3 atom stereocenters. The smallest absolute Gasteiger partial charge is 0.239 e. The summed E-state index contributed by atoms with van der Waals surface area (Å²) in [6, 6.07) is 23.3. The molecule has 1 heterocycles. The van der Waals surface area contributed by atoms with Gasteiger partial charge in [-0.2, -0.15) is 0 Å². The molecule has 4 aliphatic rings. The molecule has 0 unspecified atom stereocenters. The van der Waals surface area contributed by atoms with Crippen LogP contribution in [0.25, 0.3) is 0 Å². The molecule has 1 saturated heterocycles. The molecule has 3 aromatic rings. The number of benzene rings is 3. The summed E-state index contributed by atoms with van der Waals surface area (Å²) < 4.78 is 0.698. The summed E-state index contributed by atoms with van der Waals surface area (Å²) >= 11 is 3.51. The minimum absolute atomic E-state index is 0.194. The number of rotatable bonds is 2. The van der Waals surface area contributed by atoms with Crippen molar-refractivity contribution in [2.75, 3.05) is 4.90 Å².